The second-order valence-electron chi connectivity index (χ2n) is 6.56. The minimum atomic E-state index is -4.38. The summed E-state index contributed by atoms with van der Waals surface area (Å²) in [5.41, 5.74) is -0.758. The van der Waals surface area contributed by atoms with Crippen LogP contribution in [0.3, 0.4) is 0 Å². The number of thioether (sulfide) groups is 2. The van der Waals surface area contributed by atoms with Crippen molar-refractivity contribution >= 4 is 31.3 Å². The number of hydrogen-bond acceptors (Lipinski definition) is 4. The van der Waals surface area contributed by atoms with Crippen LogP contribution in [0.5, 0.6) is 0 Å². The van der Waals surface area contributed by atoms with E-state index in [2.05, 4.69) is 13.8 Å². The normalized spacial score (nSPS) is 13.0. The van der Waals surface area contributed by atoms with Crippen LogP contribution in [0.2, 0.25) is 0 Å². The quantitative estimate of drug-likeness (QED) is 0.332. The fraction of sp³-hybridized carbons (Fsp3) is 1.00. The minimum Gasteiger partial charge on any atom is -0.303 e. The fourth-order valence-electron chi connectivity index (χ4n) is 2.03. The Balaban J connectivity index is 3.38. The van der Waals surface area contributed by atoms with Crippen molar-refractivity contribution in [3.63, 3.8) is 0 Å². The van der Waals surface area contributed by atoms with Gasteiger partial charge in [-0.15, -0.1) is 0 Å². The number of phosphoric ester groups is 1. The van der Waals surface area contributed by atoms with E-state index in [4.69, 9.17) is 14.3 Å². The Morgan fingerprint density at radius 3 is 2.00 bits per heavy atom. The predicted octanol–water partition coefficient (Wildman–Crippen LogP) is 4.95. The molecule has 0 aromatic rings. The molecule has 0 saturated carbocycles. The molecule has 0 rings (SSSR count). The van der Waals surface area contributed by atoms with Gasteiger partial charge in [-0.05, 0) is 68.5 Å². The first-order chi connectivity index (χ1) is 10.1. The molecular formula is C15H33O4PS2. The van der Waals surface area contributed by atoms with Gasteiger partial charge in [0.2, 0.25) is 0 Å². The van der Waals surface area contributed by atoms with E-state index in [1.165, 1.54) is 30.8 Å². The molecule has 0 atom stereocenters. The molecule has 0 bridgehead atoms. The van der Waals surface area contributed by atoms with E-state index in [-0.39, 0.29) is 0 Å². The van der Waals surface area contributed by atoms with Crippen LogP contribution in [0.15, 0.2) is 0 Å². The van der Waals surface area contributed by atoms with Gasteiger partial charge in [0, 0.05) is 0 Å². The molecule has 0 aliphatic carbocycles. The number of rotatable bonds is 14. The van der Waals surface area contributed by atoms with Crippen LogP contribution in [0.25, 0.3) is 0 Å². The molecule has 4 nitrogen and oxygen atoms in total. The average molecular weight is 373 g/mol. The lowest BCUT2D eigenvalue weighted by molar-refractivity contribution is 0.0577. The zero-order valence-electron chi connectivity index (χ0n) is 14.4. The zero-order valence-corrected chi connectivity index (χ0v) is 16.9. The monoisotopic (exact) mass is 372 g/mol. The van der Waals surface area contributed by atoms with Crippen LogP contribution in [0, 0.1) is 5.92 Å². The predicted molar refractivity (Wildman–Crippen MR) is 99.8 cm³/mol. The van der Waals surface area contributed by atoms with Crippen LogP contribution in [-0.4, -0.2) is 38.4 Å². The molecule has 7 heteroatoms. The Bertz CT molecular complexity index is 319. The Labute approximate surface area is 144 Å². The standard InChI is InChI=1S/C15H33O4PS2/c1-14(2)8-5-10-21-12-7-13-22-11-6-9-15(3,4)19-20(16,17)18/h14H,5-13H2,1-4H3,(H2,16,17,18). The van der Waals surface area contributed by atoms with Crippen LogP contribution in [0.4, 0.5) is 0 Å². The van der Waals surface area contributed by atoms with Crippen molar-refractivity contribution in [3.05, 3.63) is 0 Å². The molecule has 0 aliphatic rings. The summed E-state index contributed by atoms with van der Waals surface area (Å²) >= 11 is 3.97. The SMILES string of the molecule is CC(C)CCCSCCCSCCCC(C)(C)OP(=O)(O)O. The smallest absolute Gasteiger partial charge is 0.303 e. The highest BCUT2D eigenvalue weighted by molar-refractivity contribution is 8.00. The second kappa shape index (κ2) is 12.2. The van der Waals surface area contributed by atoms with Gasteiger partial charge in [0.25, 0.3) is 0 Å². The summed E-state index contributed by atoms with van der Waals surface area (Å²) in [6.45, 7) is 8.00. The molecule has 0 unspecified atom stereocenters. The molecule has 134 valence electrons. The van der Waals surface area contributed by atoms with Gasteiger partial charge < -0.3 is 9.79 Å². The van der Waals surface area contributed by atoms with Crippen molar-refractivity contribution in [1.29, 1.82) is 0 Å². The van der Waals surface area contributed by atoms with Crippen LogP contribution in [0.1, 0.15) is 59.8 Å². The van der Waals surface area contributed by atoms with Gasteiger partial charge in [-0.1, -0.05) is 20.3 Å². The summed E-state index contributed by atoms with van der Waals surface area (Å²) in [5.74, 6) is 5.51. The van der Waals surface area contributed by atoms with E-state index < -0.39 is 13.4 Å². The maximum atomic E-state index is 10.8. The van der Waals surface area contributed by atoms with Gasteiger partial charge in [-0.25, -0.2) is 4.57 Å². The van der Waals surface area contributed by atoms with Gasteiger partial charge in [0.1, 0.15) is 0 Å². The first kappa shape index (κ1) is 22.8. The lowest BCUT2D eigenvalue weighted by Crippen LogP contribution is -2.23. The van der Waals surface area contributed by atoms with Gasteiger partial charge >= 0.3 is 7.82 Å². The minimum absolute atomic E-state index is 0.662. The molecule has 0 heterocycles. The van der Waals surface area contributed by atoms with Crippen molar-refractivity contribution in [2.75, 3.05) is 23.0 Å². The van der Waals surface area contributed by atoms with Gasteiger partial charge in [-0.2, -0.15) is 23.5 Å². The first-order valence-corrected chi connectivity index (χ1v) is 11.9. The average Bonchev–Trinajstić information content (AvgIpc) is 2.32. The zero-order chi connectivity index (χ0) is 17.1. The molecule has 0 fully saturated rings. The lowest BCUT2D eigenvalue weighted by atomic mass is 10.0. The Kier molecular flexibility index (Phi) is 12.7. The van der Waals surface area contributed by atoms with Crippen molar-refractivity contribution in [2.45, 2.75) is 65.4 Å². The third kappa shape index (κ3) is 17.2. The summed E-state index contributed by atoms with van der Waals surface area (Å²) in [5, 5.41) is 0. The summed E-state index contributed by atoms with van der Waals surface area (Å²) in [4.78, 5) is 17.7. The van der Waals surface area contributed by atoms with Gasteiger partial charge in [-0.3, -0.25) is 4.52 Å². The van der Waals surface area contributed by atoms with E-state index in [0.717, 1.165) is 23.8 Å². The molecular weight excluding hydrogens is 339 g/mol. The van der Waals surface area contributed by atoms with E-state index >= 15 is 0 Å². The second-order valence-corrected chi connectivity index (χ2v) is 10.2. The Morgan fingerprint density at radius 1 is 1.00 bits per heavy atom. The third-order valence-electron chi connectivity index (χ3n) is 3.08. The largest absolute Gasteiger partial charge is 0.470 e. The van der Waals surface area contributed by atoms with E-state index in [1.54, 1.807) is 13.8 Å². The van der Waals surface area contributed by atoms with Gasteiger partial charge in [0.05, 0.1) is 5.60 Å². The Morgan fingerprint density at radius 2 is 1.50 bits per heavy atom. The maximum absolute atomic E-state index is 10.8. The van der Waals surface area contributed by atoms with Gasteiger partial charge in [0.15, 0.2) is 0 Å². The summed E-state index contributed by atoms with van der Waals surface area (Å²) < 4.78 is 15.6. The summed E-state index contributed by atoms with van der Waals surface area (Å²) in [6, 6.07) is 0. The molecule has 0 spiro atoms. The van der Waals surface area contributed by atoms with E-state index in [0.29, 0.717) is 6.42 Å². The molecule has 0 radical (unpaired) electrons. The summed E-state index contributed by atoms with van der Waals surface area (Å²) in [6.07, 6.45) is 5.46. The fourth-order valence-corrected chi connectivity index (χ4v) is 4.77. The highest BCUT2D eigenvalue weighted by Crippen LogP contribution is 2.42. The van der Waals surface area contributed by atoms with Crippen LogP contribution < -0.4 is 0 Å². The lowest BCUT2D eigenvalue weighted by Gasteiger charge is -2.25. The van der Waals surface area contributed by atoms with Crippen LogP contribution in [-0.2, 0) is 9.09 Å². The highest BCUT2D eigenvalue weighted by atomic mass is 32.2. The first-order valence-electron chi connectivity index (χ1n) is 8.04. The Hall–Kier alpha value is 0.810. The van der Waals surface area contributed by atoms with E-state index in [1.807, 2.05) is 23.5 Å². The molecule has 2 N–H and O–H groups in total. The number of phosphoric acid groups is 1. The molecule has 0 amide bonds. The van der Waals surface area contributed by atoms with Crippen molar-refractivity contribution in [2.24, 2.45) is 5.92 Å². The molecule has 22 heavy (non-hydrogen) atoms. The van der Waals surface area contributed by atoms with Crippen molar-refractivity contribution in [3.8, 4) is 0 Å². The molecule has 0 saturated heterocycles. The molecule has 0 aromatic carbocycles. The third-order valence-corrected chi connectivity index (χ3v) is 6.12. The van der Waals surface area contributed by atoms with Crippen molar-refractivity contribution in [1.82, 2.24) is 0 Å². The molecule has 0 aromatic heterocycles. The number of hydrogen-bond donors (Lipinski definition) is 2. The van der Waals surface area contributed by atoms with E-state index in [9.17, 15) is 4.57 Å². The summed E-state index contributed by atoms with van der Waals surface area (Å²) in [7, 11) is -4.38. The topological polar surface area (TPSA) is 66.8 Å². The molecule has 0 aliphatic heterocycles. The van der Waals surface area contributed by atoms with Crippen LogP contribution >= 0.6 is 31.3 Å². The highest BCUT2D eigenvalue weighted by Gasteiger charge is 2.28. The van der Waals surface area contributed by atoms with Crippen molar-refractivity contribution < 1.29 is 18.9 Å². The maximum Gasteiger partial charge on any atom is 0.470 e.